The van der Waals surface area contributed by atoms with E-state index in [9.17, 15) is 9.90 Å². The van der Waals surface area contributed by atoms with Crippen molar-refractivity contribution in [1.82, 2.24) is 9.80 Å². The Hall–Kier alpha value is -2.61. The molecule has 1 N–H and O–H groups in total. The first-order valence-electron chi connectivity index (χ1n) is 15.4. The van der Waals surface area contributed by atoms with Gasteiger partial charge in [0.15, 0.2) is 0 Å². The van der Waals surface area contributed by atoms with Gasteiger partial charge in [-0.25, -0.2) is 0 Å². The third-order valence-electron chi connectivity index (χ3n) is 9.84. The van der Waals surface area contributed by atoms with Crippen LogP contribution in [0.25, 0.3) is 0 Å². The lowest BCUT2D eigenvalue weighted by Crippen LogP contribution is -2.46. The van der Waals surface area contributed by atoms with E-state index in [0.717, 1.165) is 50.4 Å². The Labute approximate surface area is 235 Å². The van der Waals surface area contributed by atoms with Crippen molar-refractivity contribution in [1.29, 1.82) is 0 Å². The fraction of sp³-hybridized carbons (Fsp3) is 0.571. The van der Waals surface area contributed by atoms with Crippen molar-refractivity contribution in [2.24, 2.45) is 17.8 Å². The van der Waals surface area contributed by atoms with E-state index in [2.05, 4.69) is 70.3 Å². The largest absolute Gasteiger partial charge is 0.480 e. The molecule has 0 amide bonds. The maximum absolute atomic E-state index is 12.5. The Morgan fingerprint density at radius 1 is 0.949 bits per heavy atom. The van der Waals surface area contributed by atoms with E-state index in [-0.39, 0.29) is 6.04 Å². The Bertz CT molecular complexity index is 1080. The van der Waals surface area contributed by atoms with Crippen molar-refractivity contribution in [2.45, 2.75) is 76.2 Å². The first-order chi connectivity index (χ1) is 19.1. The van der Waals surface area contributed by atoms with Crippen LogP contribution in [0, 0.1) is 30.1 Å². The van der Waals surface area contributed by atoms with Crippen molar-refractivity contribution in [3.05, 3.63) is 71.3 Å². The fourth-order valence-corrected chi connectivity index (χ4v) is 7.65. The standard InChI is InChI=1S/C35H46N2O2/c1-2-27-16-18-28(19-17-27)10-9-11-29-20-22-36(23-21-29)24-32-25-37(26-33(32)30-12-5-3-6-13-30)34(35(38)39)31-14-7-4-8-15-31/h1,3,5-6,12-13,16-19,29,31-34H,4,7-11,14-15,20-26H2,(H,38,39). The van der Waals surface area contributed by atoms with Crippen LogP contribution in [0.3, 0.4) is 0 Å². The van der Waals surface area contributed by atoms with Gasteiger partial charge in [0.2, 0.25) is 0 Å². The molecule has 0 aromatic heterocycles. The van der Waals surface area contributed by atoms with Crippen LogP contribution in [0.4, 0.5) is 0 Å². The molecule has 0 spiro atoms. The number of rotatable bonds is 10. The second-order valence-electron chi connectivity index (χ2n) is 12.4. The number of carboxylic acid groups (broad SMARTS) is 1. The highest BCUT2D eigenvalue weighted by Gasteiger charge is 2.43. The molecule has 2 aromatic carbocycles. The van der Waals surface area contributed by atoms with Crippen LogP contribution in [-0.4, -0.2) is 59.6 Å². The highest BCUT2D eigenvalue weighted by atomic mass is 16.4. The first kappa shape index (κ1) is 27.9. The monoisotopic (exact) mass is 526 g/mol. The van der Waals surface area contributed by atoms with Gasteiger partial charge in [-0.2, -0.15) is 0 Å². The average Bonchev–Trinajstić information content (AvgIpc) is 3.38. The van der Waals surface area contributed by atoms with Crippen LogP contribution in [0.5, 0.6) is 0 Å². The minimum atomic E-state index is -0.609. The number of terminal acetylenes is 1. The summed E-state index contributed by atoms with van der Waals surface area (Å²) in [6.07, 6.45) is 17.5. The van der Waals surface area contributed by atoms with Crippen molar-refractivity contribution in [3.8, 4) is 12.3 Å². The second-order valence-corrected chi connectivity index (χ2v) is 12.4. The molecule has 1 saturated carbocycles. The van der Waals surface area contributed by atoms with Gasteiger partial charge in [-0.3, -0.25) is 9.69 Å². The summed E-state index contributed by atoms with van der Waals surface area (Å²) in [4.78, 5) is 17.5. The van der Waals surface area contributed by atoms with Gasteiger partial charge >= 0.3 is 5.97 Å². The fourth-order valence-electron chi connectivity index (χ4n) is 7.65. The summed E-state index contributed by atoms with van der Waals surface area (Å²) in [6.45, 7) is 5.21. The summed E-state index contributed by atoms with van der Waals surface area (Å²) in [5, 5.41) is 10.3. The number of hydrogen-bond donors (Lipinski definition) is 1. The number of carboxylic acids is 1. The molecule has 3 fully saturated rings. The SMILES string of the molecule is C#Cc1ccc(CCCC2CCN(CC3CN(C(C(=O)O)C4CCCCC4)CC3c3ccccc3)CC2)cc1. The lowest BCUT2D eigenvalue weighted by Gasteiger charge is -2.35. The Kier molecular flexibility index (Phi) is 9.77. The van der Waals surface area contributed by atoms with Crippen molar-refractivity contribution in [2.75, 3.05) is 32.7 Å². The minimum absolute atomic E-state index is 0.303. The van der Waals surface area contributed by atoms with Crippen LogP contribution in [0.1, 0.15) is 80.4 Å². The predicted octanol–water partition coefficient (Wildman–Crippen LogP) is 6.45. The molecule has 2 heterocycles. The molecule has 2 aliphatic heterocycles. The molecule has 3 unspecified atom stereocenters. The molecule has 3 aliphatic rings. The minimum Gasteiger partial charge on any atom is -0.480 e. The smallest absolute Gasteiger partial charge is 0.321 e. The van der Waals surface area contributed by atoms with Gasteiger partial charge < -0.3 is 10.0 Å². The number of aryl methyl sites for hydroxylation is 1. The van der Waals surface area contributed by atoms with Gasteiger partial charge in [0.1, 0.15) is 6.04 Å². The van der Waals surface area contributed by atoms with Gasteiger partial charge in [-0.1, -0.05) is 74.1 Å². The van der Waals surface area contributed by atoms with Crippen molar-refractivity contribution < 1.29 is 9.90 Å². The predicted molar refractivity (Wildman–Crippen MR) is 159 cm³/mol. The molecule has 39 heavy (non-hydrogen) atoms. The van der Waals surface area contributed by atoms with E-state index in [0.29, 0.717) is 17.8 Å². The van der Waals surface area contributed by atoms with Crippen LogP contribution >= 0.6 is 0 Å². The Morgan fingerprint density at radius 3 is 2.33 bits per heavy atom. The summed E-state index contributed by atoms with van der Waals surface area (Å²) in [5.41, 5.74) is 3.72. The van der Waals surface area contributed by atoms with Crippen LogP contribution in [-0.2, 0) is 11.2 Å². The number of carbonyl (C=O) groups is 1. The zero-order chi connectivity index (χ0) is 27.0. The highest BCUT2D eigenvalue weighted by Crippen LogP contribution is 2.38. The van der Waals surface area contributed by atoms with E-state index >= 15 is 0 Å². The molecule has 4 nitrogen and oxygen atoms in total. The summed E-state index contributed by atoms with van der Waals surface area (Å²) >= 11 is 0. The summed E-state index contributed by atoms with van der Waals surface area (Å²) in [6, 6.07) is 19.0. The molecule has 3 atom stereocenters. The van der Waals surface area contributed by atoms with Crippen molar-refractivity contribution in [3.63, 3.8) is 0 Å². The van der Waals surface area contributed by atoms with Gasteiger partial charge in [-0.15, -0.1) is 6.42 Å². The molecule has 5 rings (SSSR count). The number of likely N-dealkylation sites (tertiary alicyclic amines) is 2. The first-order valence-corrected chi connectivity index (χ1v) is 15.4. The lowest BCUT2D eigenvalue weighted by atomic mass is 9.83. The van der Waals surface area contributed by atoms with E-state index < -0.39 is 5.97 Å². The van der Waals surface area contributed by atoms with E-state index in [1.807, 2.05) is 0 Å². The van der Waals surface area contributed by atoms with Gasteiger partial charge in [-0.05, 0) is 92.6 Å². The average molecular weight is 527 g/mol. The lowest BCUT2D eigenvalue weighted by molar-refractivity contribution is -0.145. The molecule has 0 radical (unpaired) electrons. The van der Waals surface area contributed by atoms with Gasteiger partial charge in [0.25, 0.3) is 0 Å². The van der Waals surface area contributed by atoms with E-state index in [1.165, 1.54) is 69.2 Å². The third kappa shape index (κ3) is 7.33. The number of aliphatic carboxylic acids is 1. The molecule has 208 valence electrons. The Morgan fingerprint density at radius 2 is 1.67 bits per heavy atom. The zero-order valence-electron chi connectivity index (χ0n) is 23.5. The van der Waals surface area contributed by atoms with Gasteiger partial charge in [0, 0.05) is 31.1 Å². The van der Waals surface area contributed by atoms with Crippen LogP contribution in [0.15, 0.2) is 54.6 Å². The molecule has 2 aromatic rings. The second kappa shape index (κ2) is 13.6. The summed E-state index contributed by atoms with van der Waals surface area (Å²) < 4.78 is 0. The number of nitrogens with zero attached hydrogens (tertiary/aromatic N) is 2. The maximum Gasteiger partial charge on any atom is 0.321 e. The van der Waals surface area contributed by atoms with Crippen LogP contribution < -0.4 is 0 Å². The van der Waals surface area contributed by atoms with Crippen LogP contribution in [0.2, 0.25) is 0 Å². The van der Waals surface area contributed by atoms with E-state index in [4.69, 9.17) is 6.42 Å². The third-order valence-corrected chi connectivity index (χ3v) is 9.84. The molecular formula is C35H46N2O2. The molecular weight excluding hydrogens is 480 g/mol. The van der Waals surface area contributed by atoms with E-state index in [1.54, 1.807) is 0 Å². The molecule has 1 aliphatic carbocycles. The number of piperidine rings is 1. The number of benzene rings is 2. The molecule has 0 bridgehead atoms. The molecule has 4 heteroatoms. The van der Waals surface area contributed by atoms with Crippen molar-refractivity contribution >= 4 is 5.97 Å². The van der Waals surface area contributed by atoms with Gasteiger partial charge in [0.05, 0.1) is 0 Å². The molecule has 2 saturated heterocycles. The topological polar surface area (TPSA) is 43.8 Å². The normalized spacial score (nSPS) is 24.4. The zero-order valence-corrected chi connectivity index (χ0v) is 23.5. The Balaban J connectivity index is 1.15. The number of hydrogen-bond acceptors (Lipinski definition) is 3. The summed E-state index contributed by atoms with van der Waals surface area (Å²) in [5.74, 6) is 4.11. The highest BCUT2D eigenvalue weighted by molar-refractivity contribution is 5.74. The summed E-state index contributed by atoms with van der Waals surface area (Å²) in [7, 11) is 0. The quantitative estimate of drug-likeness (QED) is 0.361. The maximum atomic E-state index is 12.5.